The van der Waals surface area contributed by atoms with Gasteiger partial charge >= 0.3 is 0 Å². The van der Waals surface area contributed by atoms with Crippen LogP contribution in [0.5, 0.6) is 0 Å². The molecule has 0 aliphatic rings. The molecule has 1 atom stereocenters. The summed E-state index contributed by atoms with van der Waals surface area (Å²) in [6, 6.07) is 12.9. The molecule has 0 fully saturated rings. The maximum absolute atomic E-state index is 12.6. The van der Waals surface area contributed by atoms with Gasteiger partial charge in [0.15, 0.2) is 0 Å². The van der Waals surface area contributed by atoms with Gasteiger partial charge in [0.25, 0.3) is 0 Å². The standard InChI is InChI=1S/C22H30N2O3S/c1-16-8-6-9-20(14-16)10-7-13-23-22(25)19(4)24(28(5,26)27)21-12-11-17(2)18(3)15-21/h6,8-9,11-12,14-15,19H,7,10,13H2,1-5H3,(H,23,25)/t19-/m1/s1. The zero-order chi connectivity index (χ0) is 20.9. The second-order valence-corrected chi connectivity index (χ2v) is 9.25. The molecule has 1 amide bonds. The van der Waals surface area contributed by atoms with Crippen molar-refractivity contribution >= 4 is 21.6 Å². The Bertz CT molecular complexity index is 939. The van der Waals surface area contributed by atoms with E-state index in [4.69, 9.17) is 0 Å². The van der Waals surface area contributed by atoms with Crippen LogP contribution in [0.4, 0.5) is 5.69 Å². The number of sulfonamides is 1. The highest BCUT2D eigenvalue weighted by Gasteiger charge is 2.29. The summed E-state index contributed by atoms with van der Waals surface area (Å²) in [5.41, 5.74) is 5.01. The molecule has 0 bridgehead atoms. The highest BCUT2D eigenvalue weighted by molar-refractivity contribution is 7.92. The number of anilines is 1. The molecule has 5 nitrogen and oxygen atoms in total. The molecule has 0 saturated heterocycles. The van der Waals surface area contributed by atoms with E-state index in [9.17, 15) is 13.2 Å². The molecule has 0 aliphatic heterocycles. The number of hydrogen-bond donors (Lipinski definition) is 1. The minimum atomic E-state index is -3.60. The van der Waals surface area contributed by atoms with Gasteiger partial charge in [-0.15, -0.1) is 0 Å². The van der Waals surface area contributed by atoms with Crippen LogP contribution < -0.4 is 9.62 Å². The Kier molecular flexibility index (Phi) is 7.24. The number of carbonyl (C=O) groups excluding carboxylic acids is 1. The van der Waals surface area contributed by atoms with E-state index in [0.717, 1.165) is 30.2 Å². The Labute approximate surface area is 168 Å². The van der Waals surface area contributed by atoms with Crippen molar-refractivity contribution in [1.29, 1.82) is 0 Å². The fourth-order valence-corrected chi connectivity index (χ4v) is 4.36. The van der Waals surface area contributed by atoms with Crippen molar-refractivity contribution in [2.45, 2.75) is 46.6 Å². The van der Waals surface area contributed by atoms with E-state index in [0.29, 0.717) is 12.2 Å². The molecule has 0 heterocycles. The average Bonchev–Trinajstić information content (AvgIpc) is 2.60. The Morgan fingerprint density at radius 1 is 1.07 bits per heavy atom. The Morgan fingerprint density at radius 3 is 2.39 bits per heavy atom. The molecule has 6 heteroatoms. The van der Waals surface area contributed by atoms with Crippen molar-refractivity contribution in [2.75, 3.05) is 17.1 Å². The number of benzene rings is 2. The van der Waals surface area contributed by atoms with Crippen molar-refractivity contribution in [3.63, 3.8) is 0 Å². The lowest BCUT2D eigenvalue weighted by molar-refractivity contribution is -0.121. The van der Waals surface area contributed by atoms with E-state index in [1.807, 2.05) is 26.0 Å². The lowest BCUT2D eigenvalue weighted by Gasteiger charge is -2.28. The third-order valence-electron chi connectivity index (χ3n) is 4.86. The highest BCUT2D eigenvalue weighted by Crippen LogP contribution is 2.23. The van der Waals surface area contributed by atoms with Gasteiger partial charge in [-0.2, -0.15) is 0 Å². The van der Waals surface area contributed by atoms with Gasteiger partial charge in [-0.25, -0.2) is 8.42 Å². The Hall–Kier alpha value is -2.34. The Balaban J connectivity index is 2.02. The summed E-state index contributed by atoms with van der Waals surface area (Å²) in [4.78, 5) is 12.6. The largest absolute Gasteiger partial charge is 0.354 e. The summed E-state index contributed by atoms with van der Waals surface area (Å²) in [7, 11) is -3.60. The SMILES string of the molecule is Cc1cccc(CCCNC(=O)[C@@H](C)N(c2ccc(C)c(C)c2)S(C)(=O)=O)c1. The first-order valence-corrected chi connectivity index (χ1v) is 11.3. The second-order valence-electron chi connectivity index (χ2n) is 7.39. The summed E-state index contributed by atoms with van der Waals surface area (Å²) in [6.07, 6.45) is 2.79. The molecule has 0 unspecified atom stereocenters. The molecule has 2 rings (SSSR count). The first-order chi connectivity index (χ1) is 13.1. The quantitative estimate of drug-likeness (QED) is 0.687. The molecular formula is C22H30N2O3S. The van der Waals surface area contributed by atoms with E-state index in [-0.39, 0.29) is 5.91 Å². The van der Waals surface area contributed by atoms with Crippen LogP contribution in [-0.4, -0.2) is 33.2 Å². The molecule has 0 saturated carbocycles. The van der Waals surface area contributed by atoms with Crippen molar-refractivity contribution in [2.24, 2.45) is 0 Å². The molecule has 2 aromatic rings. The van der Waals surface area contributed by atoms with Crippen LogP contribution >= 0.6 is 0 Å². The van der Waals surface area contributed by atoms with Crippen LogP contribution in [0.2, 0.25) is 0 Å². The number of nitrogens with one attached hydrogen (secondary N) is 1. The first kappa shape index (κ1) is 22.0. The predicted molar refractivity (Wildman–Crippen MR) is 115 cm³/mol. The number of nitrogens with zero attached hydrogens (tertiary/aromatic N) is 1. The minimum absolute atomic E-state index is 0.298. The number of rotatable bonds is 8. The van der Waals surface area contributed by atoms with E-state index >= 15 is 0 Å². The summed E-state index contributed by atoms with van der Waals surface area (Å²) in [5.74, 6) is -0.298. The van der Waals surface area contributed by atoms with E-state index in [1.54, 1.807) is 19.1 Å². The van der Waals surface area contributed by atoms with E-state index < -0.39 is 16.1 Å². The van der Waals surface area contributed by atoms with Gasteiger partial charge < -0.3 is 5.32 Å². The van der Waals surface area contributed by atoms with Crippen molar-refractivity contribution in [3.8, 4) is 0 Å². The zero-order valence-electron chi connectivity index (χ0n) is 17.3. The van der Waals surface area contributed by atoms with Crippen LogP contribution in [0, 0.1) is 20.8 Å². The molecule has 28 heavy (non-hydrogen) atoms. The van der Waals surface area contributed by atoms with Crippen LogP contribution in [0.15, 0.2) is 42.5 Å². The van der Waals surface area contributed by atoms with Crippen LogP contribution in [0.1, 0.15) is 35.6 Å². The predicted octanol–water partition coefficient (Wildman–Crippen LogP) is 3.52. The third kappa shape index (κ3) is 5.83. The zero-order valence-corrected chi connectivity index (χ0v) is 18.1. The monoisotopic (exact) mass is 402 g/mol. The number of amides is 1. The maximum atomic E-state index is 12.6. The minimum Gasteiger partial charge on any atom is -0.354 e. The van der Waals surface area contributed by atoms with Gasteiger partial charge in [0.2, 0.25) is 15.9 Å². The van der Waals surface area contributed by atoms with Crippen LogP contribution in [-0.2, 0) is 21.2 Å². The molecule has 152 valence electrons. The van der Waals surface area contributed by atoms with Crippen molar-refractivity contribution < 1.29 is 13.2 Å². The smallest absolute Gasteiger partial charge is 0.243 e. The van der Waals surface area contributed by atoms with Crippen molar-refractivity contribution in [1.82, 2.24) is 5.32 Å². The van der Waals surface area contributed by atoms with Gasteiger partial charge in [0.05, 0.1) is 11.9 Å². The van der Waals surface area contributed by atoms with Gasteiger partial charge in [-0.3, -0.25) is 9.10 Å². The van der Waals surface area contributed by atoms with Crippen LogP contribution in [0.3, 0.4) is 0 Å². The molecule has 0 spiro atoms. The average molecular weight is 403 g/mol. The third-order valence-corrected chi connectivity index (χ3v) is 6.10. The summed E-state index contributed by atoms with van der Waals surface area (Å²) < 4.78 is 25.9. The number of carbonyl (C=O) groups is 1. The van der Waals surface area contributed by atoms with E-state index in [1.165, 1.54) is 15.4 Å². The van der Waals surface area contributed by atoms with Gasteiger partial charge in [-0.05, 0) is 69.4 Å². The fourth-order valence-electron chi connectivity index (χ4n) is 3.19. The molecule has 2 aromatic carbocycles. The lowest BCUT2D eigenvalue weighted by Crippen LogP contribution is -2.48. The van der Waals surface area contributed by atoms with E-state index in [2.05, 4.69) is 30.4 Å². The normalized spacial score (nSPS) is 12.5. The molecule has 0 aliphatic carbocycles. The molecule has 0 radical (unpaired) electrons. The number of hydrogen-bond acceptors (Lipinski definition) is 3. The molecule has 1 N–H and O–H groups in total. The topological polar surface area (TPSA) is 66.5 Å². The molecular weight excluding hydrogens is 372 g/mol. The Morgan fingerprint density at radius 2 is 1.79 bits per heavy atom. The highest BCUT2D eigenvalue weighted by atomic mass is 32.2. The summed E-state index contributed by atoms with van der Waals surface area (Å²) in [5, 5.41) is 2.87. The lowest BCUT2D eigenvalue weighted by atomic mass is 10.1. The summed E-state index contributed by atoms with van der Waals surface area (Å²) in [6.45, 7) is 8.07. The molecule has 0 aromatic heterocycles. The number of aryl methyl sites for hydroxylation is 4. The van der Waals surface area contributed by atoms with Crippen LogP contribution in [0.25, 0.3) is 0 Å². The maximum Gasteiger partial charge on any atom is 0.243 e. The van der Waals surface area contributed by atoms with Gasteiger partial charge in [0.1, 0.15) is 6.04 Å². The van der Waals surface area contributed by atoms with Gasteiger partial charge in [0, 0.05) is 6.54 Å². The summed E-state index contributed by atoms with van der Waals surface area (Å²) >= 11 is 0. The second kappa shape index (κ2) is 9.24. The van der Waals surface area contributed by atoms with Crippen molar-refractivity contribution in [3.05, 3.63) is 64.7 Å². The first-order valence-electron chi connectivity index (χ1n) is 9.49. The fraction of sp³-hybridized carbons (Fsp3) is 0.409. The van der Waals surface area contributed by atoms with Gasteiger partial charge in [-0.1, -0.05) is 35.9 Å².